The van der Waals surface area contributed by atoms with Crippen LogP contribution < -0.4 is 11.1 Å². The molecule has 108 valence electrons. The van der Waals surface area contributed by atoms with E-state index in [1.807, 2.05) is 24.3 Å². The normalized spacial score (nSPS) is 11.7. The van der Waals surface area contributed by atoms with Crippen LogP contribution in [-0.2, 0) is 11.2 Å². The number of primary amides is 1. The van der Waals surface area contributed by atoms with Gasteiger partial charge in [0, 0.05) is 22.4 Å². The highest BCUT2D eigenvalue weighted by molar-refractivity contribution is 14.1. The molecular weight excluding hydrogens is 381 g/mol. The number of rotatable bonds is 5. The molecule has 1 atom stereocenters. The third kappa shape index (κ3) is 4.52. The maximum atomic E-state index is 12.0. The Labute approximate surface area is 136 Å². The molecule has 1 aromatic heterocycles. The van der Waals surface area contributed by atoms with Gasteiger partial charge in [0.2, 0.25) is 5.91 Å². The summed E-state index contributed by atoms with van der Waals surface area (Å²) in [5, 5.41) is 2.64. The van der Waals surface area contributed by atoms with Gasteiger partial charge in [0.15, 0.2) is 0 Å². The number of benzene rings is 1. The zero-order valence-corrected chi connectivity index (χ0v) is 13.3. The Balaban J connectivity index is 2.07. The van der Waals surface area contributed by atoms with E-state index < -0.39 is 11.9 Å². The molecule has 0 saturated carbocycles. The van der Waals surface area contributed by atoms with Crippen LogP contribution in [0.4, 0.5) is 0 Å². The Kier molecular flexibility index (Phi) is 5.26. The molecule has 2 rings (SSSR count). The third-order valence-corrected chi connectivity index (χ3v) is 3.64. The molecule has 0 spiro atoms. The van der Waals surface area contributed by atoms with Crippen LogP contribution in [0.1, 0.15) is 15.9 Å². The van der Waals surface area contributed by atoms with Crippen LogP contribution >= 0.6 is 22.6 Å². The lowest BCUT2D eigenvalue weighted by atomic mass is 10.1. The molecule has 3 N–H and O–H groups in total. The fraction of sp³-hybridized carbons (Fsp3) is 0.133. The Morgan fingerprint density at radius 3 is 2.52 bits per heavy atom. The van der Waals surface area contributed by atoms with Crippen LogP contribution in [0.3, 0.4) is 0 Å². The van der Waals surface area contributed by atoms with Crippen molar-refractivity contribution >= 4 is 34.4 Å². The summed E-state index contributed by atoms with van der Waals surface area (Å²) in [7, 11) is 0. The van der Waals surface area contributed by atoms with Crippen LogP contribution in [0.15, 0.2) is 48.8 Å². The predicted molar refractivity (Wildman–Crippen MR) is 87.5 cm³/mol. The predicted octanol–water partition coefficient (Wildman–Crippen LogP) is 1.51. The minimum absolute atomic E-state index is 0.359. The molecule has 2 aromatic rings. The highest BCUT2D eigenvalue weighted by atomic mass is 127. The molecule has 21 heavy (non-hydrogen) atoms. The summed E-state index contributed by atoms with van der Waals surface area (Å²) < 4.78 is 1.10. The van der Waals surface area contributed by atoms with Crippen LogP contribution in [0.2, 0.25) is 0 Å². The largest absolute Gasteiger partial charge is 0.368 e. The fourth-order valence-electron chi connectivity index (χ4n) is 1.82. The summed E-state index contributed by atoms with van der Waals surface area (Å²) >= 11 is 2.20. The molecule has 1 aromatic carbocycles. The number of carbonyl (C=O) groups is 2. The van der Waals surface area contributed by atoms with E-state index in [4.69, 9.17) is 5.73 Å². The van der Waals surface area contributed by atoms with Crippen molar-refractivity contribution in [1.29, 1.82) is 0 Å². The standard InChI is InChI=1S/C15H14IN3O2/c16-12-5-3-10(4-6-12)8-13(14(17)20)19-15(21)11-2-1-7-18-9-11/h1-7,9,13H,8H2,(H2,17,20)(H,19,21)/t13-/m0/s1. The van der Waals surface area contributed by atoms with Gasteiger partial charge in [0.25, 0.3) is 5.91 Å². The Morgan fingerprint density at radius 1 is 1.24 bits per heavy atom. The molecule has 5 nitrogen and oxygen atoms in total. The molecule has 0 aliphatic heterocycles. The summed E-state index contributed by atoms with van der Waals surface area (Å²) in [5.74, 6) is -0.928. The second kappa shape index (κ2) is 7.16. The summed E-state index contributed by atoms with van der Waals surface area (Å²) in [4.78, 5) is 27.4. The lowest BCUT2D eigenvalue weighted by Gasteiger charge is -2.15. The van der Waals surface area contributed by atoms with Crippen LogP contribution in [0.5, 0.6) is 0 Å². The molecule has 6 heteroatoms. The van der Waals surface area contributed by atoms with E-state index in [0.717, 1.165) is 9.13 Å². The molecule has 1 heterocycles. The molecule has 2 amide bonds. The number of aromatic nitrogens is 1. The third-order valence-electron chi connectivity index (χ3n) is 2.93. The van der Waals surface area contributed by atoms with Gasteiger partial charge in [-0.05, 0) is 52.4 Å². The SMILES string of the molecule is NC(=O)[C@H](Cc1ccc(I)cc1)NC(=O)c1cccnc1. The van der Waals surface area contributed by atoms with E-state index in [1.165, 1.54) is 6.20 Å². The summed E-state index contributed by atoms with van der Waals surface area (Å²) in [6.45, 7) is 0. The van der Waals surface area contributed by atoms with Gasteiger partial charge < -0.3 is 11.1 Å². The molecule has 0 bridgehead atoms. The van der Waals surface area contributed by atoms with Crippen molar-refractivity contribution in [2.45, 2.75) is 12.5 Å². The topological polar surface area (TPSA) is 85.1 Å². The smallest absolute Gasteiger partial charge is 0.253 e. The number of pyridine rings is 1. The Hall–Kier alpha value is -1.96. The zero-order valence-electron chi connectivity index (χ0n) is 11.1. The van der Waals surface area contributed by atoms with Crippen molar-refractivity contribution < 1.29 is 9.59 Å². The van der Waals surface area contributed by atoms with E-state index in [2.05, 4.69) is 32.9 Å². The molecule has 0 fully saturated rings. The summed E-state index contributed by atoms with van der Waals surface area (Å²) in [6.07, 6.45) is 3.38. The number of hydrogen-bond acceptors (Lipinski definition) is 3. The number of nitrogens with zero attached hydrogens (tertiary/aromatic N) is 1. The highest BCUT2D eigenvalue weighted by Crippen LogP contribution is 2.09. The monoisotopic (exact) mass is 395 g/mol. The first kappa shape index (κ1) is 15.4. The first-order valence-electron chi connectivity index (χ1n) is 6.31. The lowest BCUT2D eigenvalue weighted by Crippen LogP contribution is -2.45. The van der Waals surface area contributed by atoms with Gasteiger partial charge >= 0.3 is 0 Å². The molecule has 0 unspecified atom stereocenters. The van der Waals surface area contributed by atoms with E-state index in [-0.39, 0.29) is 5.91 Å². The van der Waals surface area contributed by atoms with Crippen molar-refractivity contribution in [2.24, 2.45) is 5.73 Å². The Bertz CT molecular complexity index is 629. The number of halogens is 1. The van der Waals surface area contributed by atoms with Gasteiger partial charge in [-0.25, -0.2) is 0 Å². The number of carbonyl (C=O) groups excluding carboxylic acids is 2. The average molecular weight is 395 g/mol. The van der Waals surface area contributed by atoms with Crippen LogP contribution in [0, 0.1) is 3.57 Å². The second-order valence-electron chi connectivity index (χ2n) is 4.50. The van der Waals surface area contributed by atoms with Crippen molar-refractivity contribution in [3.8, 4) is 0 Å². The first-order chi connectivity index (χ1) is 10.1. The number of nitrogens with one attached hydrogen (secondary N) is 1. The maximum Gasteiger partial charge on any atom is 0.253 e. The summed E-state index contributed by atoms with van der Waals surface area (Å²) in [5.41, 5.74) is 6.70. The van der Waals surface area contributed by atoms with Gasteiger partial charge in [-0.15, -0.1) is 0 Å². The first-order valence-corrected chi connectivity index (χ1v) is 7.39. The Morgan fingerprint density at radius 2 is 1.95 bits per heavy atom. The van der Waals surface area contributed by atoms with Crippen molar-refractivity contribution in [1.82, 2.24) is 10.3 Å². The molecular formula is C15H14IN3O2. The zero-order chi connectivity index (χ0) is 15.2. The molecule has 0 aliphatic carbocycles. The van der Waals surface area contributed by atoms with Crippen molar-refractivity contribution in [3.05, 3.63) is 63.5 Å². The van der Waals surface area contributed by atoms with Gasteiger partial charge in [0.05, 0.1) is 5.56 Å². The molecule has 0 radical (unpaired) electrons. The lowest BCUT2D eigenvalue weighted by molar-refractivity contribution is -0.119. The molecule has 0 aliphatic rings. The van der Waals surface area contributed by atoms with Gasteiger partial charge in [-0.3, -0.25) is 14.6 Å². The highest BCUT2D eigenvalue weighted by Gasteiger charge is 2.19. The number of hydrogen-bond donors (Lipinski definition) is 2. The van der Waals surface area contributed by atoms with E-state index in [9.17, 15) is 9.59 Å². The van der Waals surface area contributed by atoms with Crippen molar-refractivity contribution in [3.63, 3.8) is 0 Å². The van der Waals surface area contributed by atoms with Crippen molar-refractivity contribution in [2.75, 3.05) is 0 Å². The van der Waals surface area contributed by atoms with Crippen LogP contribution in [-0.4, -0.2) is 22.8 Å². The minimum Gasteiger partial charge on any atom is -0.368 e. The van der Waals surface area contributed by atoms with E-state index in [1.54, 1.807) is 18.3 Å². The number of nitrogens with two attached hydrogens (primary N) is 1. The summed E-state index contributed by atoms with van der Waals surface area (Å²) in [6, 6.07) is 10.2. The van der Waals surface area contributed by atoms with Gasteiger partial charge in [0.1, 0.15) is 6.04 Å². The fourth-order valence-corrected chi connectivity index (χ4v) is 2.18. The van der Waals surface area contributed by atoms with Gasteiger partial charge in [-0.1, -0.05) is 12.1 Å². The molecule has 0 saturated heterocycles. The quantitative estimate of drug-likeness (QED) is 0.753. The van der Waals surface area contributed by atoms with E-state index in [0.29, 0.717) is 12.0 Å². The van der Waals surface area contributed by atoms with Crippen LogP contribution in [0.25, 0.3) is 0 Å². The average Bonchev–Trinajstić information content (AvgIpc) is 2.49. The number of amides is 2. The maximum absolute atomic E-state index is 12.0. The van der Waals surface area contributed by atoms with E-state index >= 15 is 0 Å². The van der Waals surface area contributed by atoms with Gasteiger partial charge in [-0.2, -0.15) is 0 Å². The second-order valence-corrected chi connectivity index (χ2v) is 5.75. The minimum atomic E-state index is -0.752.